The van der Waals surface area contributed by atoms with E-state index in [-0.39, 0.29) is 30.0 Å². The Morgan fingerprint density at radius 2 is 1.71 bits per heavy atom. The highest BCUT2D eigenvalue weighted by atomic mass is 127. The lowest BCUT2D eigenvalue weighted by Crippen LogP contribution is -2.61. The molecule has 1 heterocycles. The number of esters is 1. The summed E-state index contributed by atoms with van der Waals surface area (Å²) in [5.41, 5.74) is -1.88. The van der Waals surface area contributed by atoms with Crippen molar-refractivity contribution in [3.63, 3.8) is 0 Å². The molecule has 5 atom stereocenters. The molecule has 1 saturated carbocycles. The van der Waals surface area contributed by atoms with E-state index in [1.807, 2.05) is 6.92 Å². The van der Waals surface area contributed by atoms with Crippen molar-refractivity contribution in [3.8, 4) is 0 Å². The molecule has 1 saturated heterocycles. The van der Waals surface area contributed by atoms with Gasteiger partial charge in [0.2, 0.25) is 0 Å². The second-order valence-electron chi connectivity index (χ2n) is 7.66. The second-order valence-corrected chi connectivity index (χ2v) is 9.90. The van der Waals surface area contributed by atoms with E-state index < -0.39 is 14.6 Å². The molecule has 21 heavy (non-hydrogen) atoms. The van der Waals surface area contributed by atoms with Crippen molar-refractivity contribution in [2.45, 2.75) is 67.8 Å². The average molecular weight is 411 g/mol. The fourth-order valence-electron chi connectivity index (χ4n) is 3.24. The molecule has 0 bridgehead atoms. The Hall–Kier alpha value is 0.0800. The van der Waals surface area contributed by atoms with Gasteiger partial charge in [0.05, 0.1) is 11.2 Å². The average Bonchev–Trinajstić information content (AvgIpc) is 3.01. The van der Waals surface area contributed by atoms with Gasteiger partial charge in [-0.3, -0.25) is 4.79 Å². The van der Waals surface area contributed by atoms with Crippen LogP contribution in [0.5, 0.6) is 0 Å². The summed E-state index contributed by atoms with van der Waals surface area (Å²) in [5, 5.41) is 23.7. The van der Waals surface area contributed by atoms with Crippen molar-refractivity contribution in [2.75, 3.05) is 6.54 Å². The van der Waals surface area contributed by atoms with Gasteiger partial charge in [0.1, 0.15) is 9.53 Å². The normalized spacial score (nSPS) is 35.6. The van der Waals surface area contributed by atoms with Gasteiger partial charge in [-0.05, 0) is 47.0 Å². The van der Waals surface area contributed by atoms with E-state index in [1.165, 1.54) is 0 Å². The van der Waals surface area contributed by atoms with E-state index in [4.69, 9.17) is 4.74 Å². The summed E-state index contributed by atoms with van der Waals surface area (Å²) in [6.07, 6.45) is 0.260. The second kappa shape index (κ2) is 5.32. The Balaban J connectivity index is 2.05. The first-order chi connectivity index (χ1) is 9.35. The molecule has 3 N–H and O–H groups in total. The van der Waals surface area contributed by atoms with Gasteiger partial charge in [-0.1, -0.05) is 22.6 Å². The molecule has 0 aromatic carbocycles. The molecule has 0 spiro atoms. The Morgan fingerprint density at radius 1 is 1.19 bits per heavy atom. The van der Waals surface area contributed by atoms with Crippen molar-refractivity contribution in [3.05, 3.63) is 0 Å². The summed E-state index contributed by atoms with van der Waals surface area (Å²) in [5.74, 6) is -0.567. The SMILES string of the molecule is CC(C)(O)C1CC(OC(=O)C(C)(I)C2CN2)C1C(C)(C)O. The highest BCUT2D eigenvalue weighted by Gasteiger charge is 2.57. The number of alkyl halides is 1. The van der Waals surface area contributed by atoms with E-state index in [0.717, 1.165) is 6.54 Å². The van der Waals surface area contributed by atoms with Crippen molar-refractivity contribution in [1.82, 2.24) is 5.32 Å². The standard InChI is InChI=1S/C15H26INO4/c1-13(2,19)8-6-9(11(8)14(3,4)20)21-12(18)15(5,16)10-7-17-10/h8-11,17,19-20H,6-7H2,1-5H3. The Bertz CT molecular complexity index is 420. The number of ether oxygens (including phenoxy) is 1. The maximum Gasteiger partial charge on any atom is 0.323 e. The van der Waals surface area contributed by atoms with Crippen molar-refractivity contribution >= 4 is 28.6 Å². The number of rotatable bonds is 5. The van der Waals surface area contributed by atoms with Crippen LogP contribution in [0.3, 0.4) is 0 Å². The topological polar surface area (TPSA) is 88.7 Å². The van der Waals surface area contributed by atoms with Gasteiger partial charge in [0.15, 0.2) is 0 Å². The molecule has 2 rings (SSSR count). The number of carbonyl (C=O) groups is 1. The first-order valence-electron chi connectivity index (χ1n) is 7.43. The number of aliphatic hydroxyl groups is 2. The molecule has 5 unspecified atom stereocenters. The third kappa shape index (κ3) is 3.54. The van der Waals surface area contributed by atoms with E-state index in [2.05, 4.69) is 27.9 Å². The number of nitrogens with one attached hydrogen (secondary N) is 1. The fraction of sp³-hybridized carbons (Fsp3) is 0.933. The van der Waals surface area contributed by atoms with Gasteiger partial charge in [-0.15, -0.1) is 0 Å². The highest BCUT2D eigenvalue weighted by molar-refractivity contribution is 14.1. The molecular formula is C15H26INO4. The summed E-state index contributed by atoms with van der Waals surface area (Å²) in [6, 6.07) is 0.163. The van der Waals surface area contributed by atoms with Gasteiger partial charge < -0.3 is 20.3 Å². The molecule has 1 aliphatic heterocycles. The minimum atomic E-state index is -0.993. The Labute approximate surface area is 140 Å². The molecule has 0 radical (unpaired) electrons. The zero-order valence-electron chi connectivity index (χ0n) is 13.3. The van der Waals surface area contributed by atoms with Gasteiger partial charge >= 0.3 is 5.97 Å². The van der Waals surface area contributed by atoms with Crippen LogP contribution in [0.15, 0.2) is 0 Å². The molecule has 0 amide bonds. The molecule has 122 valence electrons. The third-order valence-electron chi connectivity index (χ3n) is 4.76. The smallest absolute Gasteiger partial charge is 0.323 e. The van der Waals surface area contributed by atoms with Crippen LogP contribution in [-0.2, 0) is 9.53 Å². The fourth-order valence-corrected chi connectivity index (χ4v) is 3.81. The molecule has 2 aliphatic rings. The van der Waals surface area contributed by atoms with Crippen molar-refractivity contribution in [1.29, 1.82) is 0 Å². The first kappa shape index (κ1) is 17.4. The number of hydrogen-bond acceptors (Lipinski definition) is 5. The van der Waals surface area contributed by atoms with Crippen LogP contribution in [-0.4, -0.2) is 49.5 Å². The highest BCUT2D eigenvalue weighted by Crippen LogP contribution is 2.49. The predicted octanol–water partition coefficient (Wildman–Crippen LogP) is 1.24. The third-order valence-corrected chi connectivity index (χ3v) is 5.96. The van der Waals surface area contributed by atoms with Crippen LogP contribution in [0.4, 0.5) is 0 Å². The minimum absolute atomic E-state index is 0.0742. The Kier molecular flexibility index (Phi) is 4.41. The lowest BCUT2D eigenvalue weighted by Gasteiger charge is -2.54. The molecular weight excluding hydrogens is 385 g/mol. The zero-order chi connectivity index (χ0) is 16.2. The van der Waals surface area contributed by atoms with Crippen LogP contribution in [0.2, 0.25) is 0 Å². The maximum atomic E-state index is 12.4. The van der Waals surface area contributed by atoms with Crippen LogP contribution < -0.4 is 5.32 Å². The molecule has 1 aliphatic carbocycles. The maximum absolute atomic E-state index is 12.4. The Morgan fingerprint density at radius 3 is 2.10 bits per heavy atom. The largest absolute Gasteiger partial charge is 0.461 e. The number of halogens is 1. The number of hydrogen-bond donors (Lipinski definition) is 3. The molecule has 0 aromatic heterocycles. The summed E-state index contributed by atoms with van der Waals surface area (Å²) in [6.45, 7) is 9.60. The van der Waals surface area contributed by atoms with Gasteiger partial charge in [-0.2, -0.15) is 0 Å². The van der Waals surface area contributed by atoms with Crippen molar-refractivity contribution in [2.24, 2.45) is 11.8 Å². The number of carbonyl (C=O) groups excluding carboxylic acids is 1. The van der Waals surface area contributed by atoms with Crippen LogP contribution in [0, 0.1) is 11.8 Å². The summed E-state index contributed by atoms with van der Waals surface area (Å²) >= 11 is 2.13. The molecule has 0 aromatic rings. The van der Waals surface area contributed by atoms with E-state index in [1.54, 1.807) is 27.7 Å². The summed E-state index contributed by atoms with van der Waals surface area (Å²) < 4.78 is 5.08. The van der Waals surface area contributed by atoms with Crippen LogP contribution in [0.25, 0.3) is 0 Å². The molecule has 5 nitrogen and oxygen atoms in total. The zero-order valence-corrected chi connectivity index (χ0v) is 15.5. The van der Waals surface area contributed by atoms with E-state index >= 15 is 0 Å². The lowest BCUT2D eigenvalue weighted by molar-refractivity contribution is -0.211. The predicted molar refractivity (Wildman–Crippen MR) is 88.3 cm³/mol. The monoisotopic (exact) mass is 411 g/mol. The summed E-state index contributed by atoms with van der Waals surface area (Å²) in [7, 11) is 0. The van der Waals surface area contributed by atoms with E-state index in [0.29, 0.717) is 6.42 Å². The van der Waals surface area contributed by atoms with Crippen LogP contribution in [0.1, 0.15) is 41.0 Å². The summed E-state index contributed by atoms with van der Waals surface area (Å²) in [4.78, 5) is 12.4. The van der Waals surface area contributed by atoms with Gasteiger partial charge in [0, 0.05) is 18.5 Å². The van der Waals surface area contributed by atoms with Crippen molar-refractivity contribution < 1.29 is 19.7 Å². The first-order valence-corrected chi connectivity index (χ1v) is 8.51. The minimum Gasteiger partial charge on any atom is -0.461 e. The molecule has 6 heteroatoms. The van der Waals surface area contributed by atoms with Gasteiger partial charge in [-0.25, -0.2) is 0 Å². The van der Waals surface area contributed by atoms with Crippen LogP contribution >= 0.6 is 22.6 Å². The van der Waals surface area contributed by atoms with E-state index in [9.17, 15) is 15.0 Å². The van der Waals surface area contributed by atoms with Gasteiger partial charge in [0.25, 0.3) is 0 Å². The molecule has 2 fully saturated rings. The quantitative estimate of drug-likeness (QED) is 0.274. The lowest BCUT2D eigenvalue weighted by atomic mass is 9.58.